The van der Waals surface area contributed by atoms with E-state index in [9.17, 15) is 54.7 Å². The summed E-state index contributed by atoms with van der Waals surface area (Å²) in [5.41, 5.74) is 14.9. The second-order valence-electron chi connectivity index (χ2n) is 20.7. The summed E-state index contributed by atoms with van der Waals surface area (Å²) in [6, 6.07) is 24.8. The van der Waals surface area contributed by atoms with Crippen molar-refractivity contribution < 1.29 is 175 Å². The minimum absolute atomic E-state index is 0. The van der Waals surface area contributed by atoms with E-state index in [1.807, 2.05) is 34.6 Å². The van der Waals surface area contributed by atoms with Crippen LogP contribution in [0.3, 0.4) is 0 Å². The van der Waals surface area contributed by atoms with Gasteiger partial charge in [-0.3, -0.25) is 19.7 Å². The maximum absolute atomic E-state index is 13.7. The second-order valence-corrected chi connectivity index (χ2v) is 27.2. The van der Waals surface area contributed by atoms with Gasteiger partial charge in [-0.1, -0.05) is 103 Å². The first-order valence-corrected chi connectivity index (χ1v) is 36.3. The summed E-state index contributed by atoms with van der Waals surface area (Å²) in [6.45, 7) is 25.6. The van der Waals surface area contributed by atoms with Crippen LogP contribution in [0, 0.1) is 52.0 Å². The quantitative estimate of drug-likeness (QED) is 0.00873. The van der Waals surface area contributed by atoms with Crippen LogP contribution in [-0.4, -0.2) is 62.3 Å². The Bertz CT molecular complexity index is 3810. The minimum atomic E-state index is -3.04. The molecule has 0 aliphatic carbocycles. The van der Waals surface area contributed by atoms with Gasteiger partial charge in [0.1, 0.15) is 57.4 Å². The van der Waals surface area contributed by atoms with Crippen molar-refractivity contribution in [2.75, 3.05) is 11.1 Å². The molecule has 0 aromatic heterocycles. The third kappa shape index (κ3) is 46.2. The number of amides is 1. The van der Waals surface area contributed by atoms with Crippen molar-refractivity contribution in [1.82, 2.24) is 0 Å². The molecule has 0 aliphatic heterocycles. The maximum atomic E-state index is 13.7. The number of nitrogens with one attached hydrogen (secondary N) is 1. The number of halogens is 15. The number of nitrogen functional groups attached to an aromatic ring is 1. The van der Waals surface area contributed by atoms with Crippen LogP contribution in [0.5, 0.6) is 0 Å². The third-order valence-corrected chi connectivity index (χ3v) is 17.7. The van der Waals surface area contributed by atoms with Crippen LogP contribution < -0.4 is 90.1 Å². The van der Waals surface area contributed by atoms with Crippen molar-refractivity contribution in [3.8, 4) is 0 Å². The van der Waals surface area contributed by atoms with Gasteiger partial charge in [0.25, 0.3) is 0 Å². The number of carbonyl (C=O) groups excluding carboxylic acids is 3. The molecule has 0 heterocycles. The standard InChI is InChI=1S/C13H17BrFNO2.C9H8BrFO2.C9H8BrFO.C8H9BrFN.C8H8BrFO.C8H8BrF.C7H4BrFO.C4H9NO2.C2H4.ClO2.2Na.HO4P.H/c1-5-8-6-7-9(15)11(10(8)14)16-12(17)18-13(2,3)4;1-2-5-3-4-6(11)7(8(5)10)9(12)13;1-2-6-3-4-8(11)7(5-12)9(6)10;1-2-5-3-4-6(10)8(11)7(5)9;1-5(11)7-3-2-6(10)4-8(7)9;1-2-6-3-4-7(10)5-8(6)9;8-7-3-6(9)2-1-5(7)4-10;1-4(2,5)3(6)7;1-2;2-1-3;;;1-4-5(2)3;/h6-7H,5H2,1-4H3,(H,16,17);3-4H,2H2,1H3,(H,12,13);3-5H,2H2,1H3;3-4H,2,11H2,1H3;2-5,11H,1H3;3-5H,2H2,1H3;1-4H;5H2,1-2H3,(H,6,7);1-2H2;;;;1H;/q;;;;;;;;;-1;2*+1;;-1. The zero-order valence-corrected chi connectivity index (χ0v) is 75.3. The number of benzene rings is 7. The summed E-state index contributed by atoms with van der Waals surface area (Å²) in [5, 5.41) is 35.4. The molecule has 2 atom stereocenters. The molecule has 0 bridgehead atoms. The van der Waals surface area contributed by atoms with Gasteiger partial charge in [0.05, 0.1) is 34.4 Å². The van der Waals surface area contributed by atoms with Crippen molar-refractivity contribution >= 4 is 162 Å². The fourth-order valence-electron chi connectivity index (χ4n) is 6.58. The first-order valence-electron chi connectivity index (χ1n) is 29.1. The summed E-state index contributed by atoms with van der Waals surface area (Å²) < 4.78 is 127. The van der Waals surface area contributed by atoms with E-state index in [4.69, 9.17) is 55.6 Å². The fourth-order valence-corrected chi connectivity index (χ4v) is 11.1. The zero-order valence-electron chi connectivity index (χ0n) is 59.5. The Kier molecular flexibility index (Phi) is 64.8. The van der Waals surface area contributed by atoms with E-state index in [0.717, 1.165) is 58.0 Å². The molecule has 7 aromatic rings. The van der Waals surface area contributed by atoms with Gasteiger partial charge in [0, 0.05) is 41.5 Å². The molecule has 0 saturated carbocycles. The Labute approximate surface area is 710 Å². The van der Waals surface area contributed by atoms with E-state index in [2.05, 4.69) is 135 Å². The van der Waals surface area contributed by atoms with Crippen LogP contribution in [0.2, 0.25) is 0 Å². The van der Waals surface area contributed by atoms with Gasteiger partial charge in [-0.05, 0) is 258 Å². The maximum Gasteiger partial charge on any atom is 1.00 e. The fraction of sp³-hybridized carbons (Fsp3) is 0.279. The monoisotopic (exact) mass is 1970 g/mol. The smallest absolute Gasteiger partial charge is 1.00 e. The van der Waals surface area contributed by atoms with Gasteiger partial charge in [0.2, 0.25) is 0 Å². The molecule has 0 radical (unpaired) electrons. The van der Waals surface area contributed by atoms with E-state index < -0.39 is 72.3 Å². The molecule has 7 aromatic carbocycles. The number of ether oxygens (including phenoxy) is 1. The second kappa shape index (κ2) is 60.4. The number of aromatic carboxylic acids is 1. The van der Waals surface area contributed by atoms with Crippen molar-refractivity contribution in [2.45, 2.75) is 126 Å². The van der Waals surface area contributed by atoms with E-state index >= 15 is 0 Å². The first kappa shape index (κ1) is 112. The van der Waals surface area contributed by atoms with Crippen LogP contribution in [-0.2, 0) is 50.9 Å². The number of carboxylic acid groups (broad SMARTS) is 2. The van der Waals surface area contributed by atoms with Gasteiger partial charge < -0.3 is 47.2 Å². The SMILES string of the molecule is C=C.CC(C)(N)C(=O)O.CC(O)c1ccc(F)cc1Br.CCc1ccc(F)c(C(=O)O)c1Br.CCc1ccc(F)c(C=O)c1Br.CCc1ccc(F)c(N)c1Br.CCc1ccc(F)c(NC(=O)OC(C)(C)C)c1Br.CCc1ccc(F)cc1Br.O=Cc1ccc(F)cc1Br.O=[P+]([O-])OO.[H-].[Na+].[Na+].[O-][Cl+][O-]. The number of hydrogen-bond donors (Lipinski definition) is 7. The predicted molar refractivity (Wildman–Crippen MR) is 398 cm³/mol. The van der Waals surface area contributed by atoms with Crippen molar-refractivity contribution in [3.63, 3.8) is 0 Å². The molecule has 104 heavy (non-hydrogen) atoms. The van der Waals surface area contributed by atoms with Crippen LogP contribution in [0.1, 0.15) is 148 Å². The number of carboxylic acids is 2. The molecular formula is C68H77Br7ClF7N3Na2O15P. The number of hydrogen-bond acceptors (Lipinski definition) is 15. The molecule has 0 fully saturated rings. The summed E-state index contributed by atoms with van der Waals surface area (Å²) in [6.07, 6.45) is 3.93. The topological polar surface area (TPSA) is 335 Å². The third-order valence-electron chi connectivity index (χ3n) is 11.8. The number of rotatable bonds is 12. The number of anilines is 2. The molecule has 2 unspecified atom stereocenters. The largest absolute Gasteiger partial charge is 1.00 e. The van der Waals surface area contributed by atoms with Crippen LogP contribution in [0.4, 0.5) is 46.9 Å². The molecule has 566 valence electrons. The summed E-state index contributed by atoms with van der Waals surface area (Å²) >= 11 is 21.8. The van der Waals surface area contributed by atoms with Crippen molar-refractivity contribution in [2.24, 2.45) is 5.73 Å². The van der Waals surface area contributed by atoms with Crippen molar-refractivity contribution in [3.05, 3.63) is 238 Å². The molecule has 7 rings (SSSR count). The average molecular weight is 1980 g/mol. The average Bonchev–Trinajstić information content (AvgIpc) is 0.842. The number of aliphatic hydroxyl groups excluding tert-OH is 1. The molecule has 1 amide bonds. The van der Waals surface area contributed by atoms with Gasteiger partial charge in [-0.2, -0.15) is 0 Å². The summed E-state index contributed by atoms with van der Waals surface area (Å²) in [5.74, 6) is -5.13. The van der Waals surface area contributed by atoms with Crippen LogP contribution in [0.15, 0.2) is 148 Å². The number of carbonyl (C=O) groups is 5. The van der Waals surface area contributed by atoms with Gasteiger partial charge in [-0.25, -0.2) is 45.6 Å². The molecule has 0 saturated heterocycles. The number of aldehydes is 2. The van der Waals surface area contributed by atoms with Crippen LogP contribution in [0.25, 0.3) is 0 Å². The molecule has 9 N–H and O–H groups in total. The number of aliphatic carboxylic acids is 1. The minimum Gasteiger partial charge on any atom is -1.00 e. The number of aliphatic hydroxyl groups is 1. The molecule has 18 nitrogen and oxygen atoms in total. The van der Waals surface area contributed by atoms with E-state index in [-0.39, 0.29) is 106 Å². The normalized spacial score (nSPS) is 10.2. The summed E-state index contributed by atoms with van der Waals surface area (Å²) in [4.78, 5) is 61.7. The Morgan fingerprint density at radius 3 is 1.32 bits per heavy atom. The molecule has 0 aliphatic rings. The van der Waals surface area contributed by atoms with E-state index in [1.165, 1.54) is 80.6 Å². The molecule has 36 heteroatoms. The molecule has 0 spiro atoms. The van der Waals surface area contributed by atoms with Gasteiger partial charge in [0.15, 0.2) is 12.6 Å². The number of aryl methyl sites for hydroxylation is 5. The Morgan fingerprint density at radius 1 is 0.606 bits per heavy atom. The Hall–Kier alpha value is -3.39. The summed E-state index contributed by atoms with van der Waals surface area (Å²) in [7, 11) is -3.04. The first-order chi connectivity index (χ1) is 47.4. The van der Waals surface area contributed by atoms with E-state index in [1.54, 1.807) is 64.1 Å². The Balaban J connectivity index is -0.000000206. The Morgan fingerprint density at radius 2 is 0.962 bits per heavy atom. The zero-order chi connectivity index (χ0) is 80.1. The van der Waals surface area contributed by atoms with Crippen molar-refractivity contribution in [1.29, 1.82) is 0 Å². The number of nitrogens with two attached hydrogens (primary N) is 2. The van der Waals surface area contributed by atoms with Crippen LogP contribution >= 0.6 is 120 Å². The predicted octanol–water partition coefficient (Wildman–Crippen LogP) is 13.1. The van der Waals surface area contributed by atoms with Gasteiger partial charge in [-0.15, -0.1) is 13.2 Å². The van der Waals surface area contributed by atoms with Gasteiger partial charge >= 0.3 is 85.4 Å². The molecular weight excluding hydrogens is 1900 g/mol. The van der Waals surface area contributed by atoms with E-state index in [0.29, 0.717) is 57.0 Å².